The summed E-state index contributed by atoms with van der Waals surface area (Å²) in [5.74, 6) is 0. The van der Waals surface area contributed by atoms with Crippen molar-refractivity contribution in [3.8, 4) is 0 Å². The lowest BCUT2D eigenvalue weighted by Gasteiger charge is -2.08. The minimum atomic E-state index is 0.178. The van der Waals surface area contributed by atoms with Gasteiger partial charge in [-0.25, -0.2) is 0 Å². The number of ether oxygens (including phenoxy) is 11. The van der Waals surface area contributed by atoms with Crippen molar-refractivity contribution in [3.05, 3.63) is 0 Å². The third kappa shape index (κ3) is 47.5. The largest absolute Gasteiger partial charge is 0.396 e. The maximum absolute atomic E-state index is 8.67. The molecule has 0 unspecified atom stereocenters. The molecule has 0 atom stereocenters. The van der Waals surface area contributed by atoms with E-state index in [4.69, 9.17) is 62.3 Å². The van der Waals surface area contributed by atoms with Gasteiger partial charge in [0.1, 0.15) is 0 Å². The summed E-state index contributed by atoms with van der Waals surface area (Å²) in [5, 5.41) is 17.3. The Labute approximate surface area is 297 Å². The van der Waals surface area contributed by atoms with Gasteiger partial charge >= 0.3 is 0 Å². The summed E-state index contributed by atoms with van der Waals surface area (Å²) in [5.41, 5.74) is 0. The van der Waals surface area contributed by atoms with E-state index in [2.05, 4.69) is 0 Å². The van der Waals surface area contributed by atoms with Crippen LogP contribution in [0.25, 0.3) is 0 Å². The molecular weight excluding hydrogens is 640 g/mol. The van der Waals surface area contributed by atoms with Gasteiger partial charge in [-0.05, 0) is 77.0 Å². The van der Waals surface area contributed by atoms with Gasteiger partial charge in [0.05, 0.1) is 0 Å². The van der Waals surface area contributed by atoms with Crippen LogP contribution in [-0.2, 0) is 52.1 Å². The summed E-state index contributed by atoms with van der Waals surface area (Å²) in [4.78, 5) is 0. The first-order valence-electron chi connectivity index (χ1n) is 19.0. The lowest BCUT2D eigenvalue weighted by atomic mass is 10.4. The first-order chi connectivity index (χ1) is 24.4. The highest BCUT2D eigenvalue weighted by molar-refractivity contribution is 4.44. The van der Waals surface area contributed by atoms with Crippen LogP contribution in [0.1, 0.15) is 77.0 Å². The number of hydrogen-bond donors (Lipinski definition) is 2. The van der Waals surface area contributed by atoms with Crippen LogP contribution < -0.4 is 0 Å². The molecule has 0 aliphatic rings. The van der Waals surface area contributed by atoms with Crippen molar-refractivity contribution >= 4 is 0 Å². The molecule has 0 amide bonds. The second kappa shape index (κ2) is 47.5. The molecule has 0 rings (SSSR count). The van der Waals surface area contributed by atoms with E-state index < -0.39 is 0 Å². The smallest absolute Gasteiger partial charge is 0.0488 e. The molecule has 13 heteroatoms. The van der Waals surface area contributed by atoms with Gasteiger partial charge in [-0.2, -0.15) is 0 Å². The first kappa shape index (κ1) is 48.5. The van der Waals surface area contributed by atoms with E-state index >= 15 is 0 Å². The molecule has 0 saturated carbocycles. The highest BCUT2D eigenvalue weighted by Crippen LogP contribution is 1.96. The molecule has 0 saturated heterocycles. The predicted molar refractivity (Wildman–Crippen MR) is 189 cm³/mol. The molecule has 296 valence electrons. The molecule has 0 aromatic carbocycles. The van der Waals surface area contributed by atoms with Crippen molar-refractivity contribution in [3.63, 3.8) is 0 Å². The lowest BCUT2D eigenvalue weighted by Crippen LogP contribution is -2.08. The van der Waals surface area contributed by atoms with Gasteiger partial charge < -0.3 is 62.3 Å². The summed E-state index contributed by atoms with van der Waals surface area (Å²) < 4.78 is 61.2. The number of hydrogen-bond acceptors (Lipinski definition) is 13. The van der Waals surface area contributed by atoms with Crippen molar-refractivity contribution in [2.45, 2.75) is 77.0 Å². The average Bonchev–Trinajstić information content (AvgIpc) is 3.11. The van der Waals surface area contributed by atoms with Crippen LogP contribution in [-0.4, -0.2) is 169 Å². The maximum Gasteiger partial charge on any atom is 0.0488 e. The Kier molecular flexibility index (Phi) is 47.0. The summed E-state index contributed by atoms with van der Waals surface area (Å²) in [6, 6.07) is 0. The van der Waals surface area contributed by atoms with Crippen molar-refractivity contribution in [2.24, 2.45) is 0 Å². The Morgan fingerprint density at radius 1 is 0.163 bits per heavy atom. The van der Waals surface area contributed by atoms with E-state index in [0.717, 1.165) is 64.2 Å². The molecule has 0 radical (unpaired) electrons. The quantitative estimate of drug-likeness (QED) is 0.0884. The molecule has 13 nitrogen and oxygen atoms in total. The second-order valence-corrected chi connectivity index (χ2v) is 11.4. The van der Waals surface area contributed by atoms with Crippen LogP contribution in [0.5, 0.6) is 0 Å². The second-order valence-electron chi connectivity index (χ2n) is 11.4. The molecule has 49 heavy (non-hydrogen) atoms. The minimum Gasteiger partial charge on any atom is -0.396 e. The molecule has 0 aromatic heterocycles. The van der Waals surface area contributed by atoms with Gasteiger partial charge in [0.25, 0.3) is 0 Å². The van der Waals surface area contributed by atoms with Gasteiger partial charge in [0.15, 0.2) is 0 Å². The number of aliphatic hydroxyl groups excluding tert-OH is 2. The third-order valence-electron chi connectivity index (χ3n) is 6.67. The zero-order valence-electron chi connectivity index (χ0n) is 30.8. The minimum absolute atomic E-state index is 0.178. The van der Waals surface area contributed by atoms with Crippen LogP contribution in [0.2, 0.25) is 0 Å². The fourth-order valence-corrected chi connectivity index (χ4v) is 4.09. The Bertz CT molecular complexity index is 517. The van der Waals surface area contributed by atoms with Gasteiger partial charge in [-0.1, -0.05) is 0 Å². The lowest BCUT2D eigenvalue weighted by molar-refractivity contribution is 0.0403. The van der Waals surface area contributed by atoms with Crippen LogP contribution in [0.4, 0.5) is 0 Å². The van der Waals surface area contributed by atoms with E-state index in [1.807, 2.05) is 0 Å². The monoisotopic (exact) mass is 715 g/mol. The fourth-order valence-electron chi connectivity index (χ4n) is 4.09. The van der Waals surface area contributed by atoms with E-state index in [-0.39, 0.29) is 13.2 Å². The third-order valence-corrected chi connectivity index (χ3v) is 6.67. The highest BCUT2D eigenvalue weighted by atomic mass is 16.5. The first-order valence-corrected chi connectivity index (χ1v) is 19.0. The molecule has 0 aliphatic carbocycles. The van der Waals surface area contributed by atoms with E-state index in [0.29, 0.717) is 158 Å². The average molecular weight is 715 g/mol. The zero-order valence-corrected chi connectivity index (χ0v) is 30.8. The summed E-state index contributed by atoms with van der Waals surface area (Å²) in [6.07, 6.45) is 10.3. The topological polar surface area (TPSA) is 142 Å². The van der Waals surface area contributed by atoms with Gasteiger partial charge in [-0.3, -0.25) is 0 Å². The standard InChI is InChI=1S/C36H74O13/c37-13-1-15-39-17-3-19-41-21-5-23-43-25-7-27-45-29-9-31-47-33-11-35-49-36-12-34-48-32-10-30-46-28-8-26-44-24-6-22-42-20-4-18-40-16-2-14-38/h37-38H,1-36H2. The fraction of sp³-hybridized carbons (Fsp3) is 1.00. The van der Waals surface area contributed by atoms with Gasteiger partial charge in [0, 0.05) is 159 Å². The SMILES string of the molecule is OCCCOCCCOCCCOCCCOCCCOCCCOCCCOCCCOCCCOCCCOCCCOCCCO. The summed E-state index contributed by atoms with van der Waals surface area (Å²) in [6.45, 7) is 15.6. The summed E-state index contributed by atoms with van der Waals surface area (Å²) >= 11 is 0. The Morgan fingerprint density at radius 2 is 0.265 bits per heavy atom. The predicted octanol–water partition coefficient (Wildman–Crippen LogP) is 3.83. The Hall–Kier alpha value is -0.520. The van der Waals surface area contributed by atoms with Crippen LogP contribution in [0.15, 0.2) is 0 Å². The molecule has 0 bridgehead atoms. The van der Waals surface area contributed by atoms with Crippen molar-refractivity contribution in [2.75, 3.05) is 159 Å². The molecule has 0 aromatic rings. The summed E-state index contributed by atoms with van der Waals surface area (Å²) in [7, 11) is 0. The molecular formula is C36H74O13. The molecule has 0 heterocycles. The van der Waals surface area contributed by atoms with Crippen molar-refractivity contribution in [1.82, 2.24) is 0 Å². The van der Waals surface area contributed by atoms with Gasteiger partial charge in [0.2, 0.25) is 0 Å². The molecule has 0 aliphatic heterocycles. The molecule has 0 fully saturated rings. The van der Waals surface area contributed by atoms with Crippen LogP contribution in [0.3, 0.4) is 0 Å². The normalized spacial score (nSPS) is 11.6. The zero-order chi connectivity index (χ0) is 35.2. The highest BCUT2D eigenvalue weighted by Gasteiger charge is 1.98. The van der Waals surface area contributed by atoms with E-state index in [1.54, 1.807) is 0 Å². The maximum atomic E-state index is 8.67. The Morgan fingerprint density at radius 3 is 0.367 bits per heavy atom. The molecule has 0 spiro atoms. The van der Waals surface area contributed by atoms with E-state index in [1.165, 1.54) is 0 Å². The van der Waals surface area contributed by atoms with Gasteiger partial charge in [-0.15, -0.1) is 0 Å². The van der Waals surface area contributed by atoms with Crippen molar-refractivity contribution < 1.29 is 62.3 Å². The molecule has 2 N–H and O–H groups in total. The Balaban J connectivity index is 3.04. The van der Waals surface area contributed by atoms with E-state index in [9.17, 15) is 0 Å². The van der Waals surface area contributed by atoms with Crippen LogP contribution in [0, 0.1) is 0 Å². The number of aliphatic hydroxyl groups is 2. The number of rotatable bonds is 46. The van der Waals surface area contributed by atoms with Crippen LogP contribution >= 0.6 is 0 Å². The van der Waals surface area contributed by atoms with Crippen molar-refractivity contribution in [1.29, 1.82) is 0 Å².